The number of aryl methyl sites for hydroxylation is 1. The van der Waals surface area contributed by atoms with E-state index in [0.29, 0.717) is 6.54 Å². The van der Waals surface area contributed by atoms with Crippen LogP contribution < -0.4 is 5.32 Å². The second-order valence-corrected chi connectivity index (χ2v) is 7.22. The second-order valence-electron chi connectivity index (χ2n) is 6.14. The van der Waals surface area contributed by atoms with E-state index in [-0.39, 0.29) is 18.4 Å². The molecule has 1 atom stereocenters. The van der Waals surface area contributed by atoms with Gasteiger partial charge in [-0.3, -0.25) is 9.78 Å². The van der Waals surface area contributed by atoms with Crippen LogP contribution in [0.5, 0.6) is 0 Å². The number of carbonyl (C=O) groups is 1. The van der Waals surface area contributed by atoms with Crippen LogP contribution in [0.1, 0.15) is 36.3 Å². The highest BCUT2D eigenvalue weighted by atomic mass is 32.1. The fourth-order valence-corrected chi connectivity index (χ4v) is 4.10. The number of hydrogen-bond acceptors (Lipinski definition) is 5. The standard InChI is InChI=1S/C18H23N3O2S/c22-11-3-1-2-8-20-17(23)14-4-5-16-15(12-14)21-18(24-16)13-6-9-19-10-7-13/h6-7,9-10,14,22H,1-5,8,11-12H2,(H,20,23). The molecule has 5 nitrogen and oxygen atoms in total. The van der Waals surface area contributed by atoms with Gasteiger partial charge in [0.2, 0.25) is 5.91 Å². The van der Waals surface area contributed by atoms with E-state index in [0.717, 1.165) is 54.8 Å². The zero-order valence-electron chi connectivity index (χ0n) is 13.7. The summed E-state index contributed by atoms with van der Waals surface area (Å²) in [6, 6.07) is 3.95. The number of unbranched alkanes of at least 4 members (excludes halogenated alkanes) is 2. The van der Waals surface area contributed by atoms with Gasteiger partial charge in [-0.2, -0.15) is 0 Å². The summed E-state index contributed by atoms with van der Waals surface area (Å²) in [5.74, 6) is 0.172. The first kappa shape index (κ1) is 17.0. The number of aromatic nitrogens is 2. The highest BCUT2D eigenvalue weighted by molar-refractivity contribution is 7.15. The van der Waals surface area contributed by atoms with Crippen LogP contribution in [0.2, 0.25) is 0 Å². The van der Waals surface area contributed by atoms with Gasteiger partial charge in [0, 0.05) is 48.3 Å². The van der Waals surface area contributed by atoms with E-state index in [1.54, 1.807) is 23.7 Å². The lowest BCUT2D eigenvalue weighted by atomic mass is 9.90. The van der Waals surface area contributed by atoms with Gasteiger partial charge in [-0.1, -0.05) is 0 Å². The number of carbonyl (C=O) groups excluding carboxylic acids is 1. The van der Waals surface area contributed by atoms with Crippen molar-refractivity contribution in [3.05, 3.63) is 35.1 Å². The Morgan fingerprint density at radius 3 is 2.92 bits per heavy atom. The molecule has 0 aliphatic heterocycles. The third kappa shape index (κ3) is 4.19. The Hall–Kier alpha value is -1.79. The van der Waals surface area contributed by atoms with Crippen molar-refractivity contribution in [3.8, 4) is 10.6 Å². The molecule has 1 unspecified atom stereocenters. The van der Waals surface area contributed by atoms with Crippen LogP contribution in [0.25, 0.3) is 10.6 Å². The van der Waals surface area contributed by atoms with Gasteiger partial charge in [-0.25, -0.2) is 4.98 Å². The van der Waals surface area contributed by atoms with Gasteiger partial charge >= 0.3 is 0 Å². The molecule has 0 saturated carbocycles. The third-order valence-corrected chi connectivity index (χ3v) is 5.58. The van der Waals surface area contributed by atoms with Crippen molar-refractivity contribution >= 4 is 17.2 Å². The first-order valence-corrected chi connectivity index (χ1v) is 9.37. The zero-order chi connectivity index (χ0) is 16.8. The highest BCUT2D eigenvalue weighted by Gasteiger charge is 2.27. The summed E-state index contributed by atoms with van der Waals surface area (Å²) in [5, 5.41) is 12.8. The molecule has 24 heavy (non-hydrogen) atoms. The Labute approximate surface area is 146 Å². The lowest BCUT2D eigenvalue weighted by Gasteiger charge is -2.20. The summed E-state index contributed by atoms with van der Waals surface area (Å²) in [5.41, 5.74) is 2.17. The molecule has 128 valence electrons. The average molecular weight is 345 g/mol. The Balaban J connectivity index is 1.56. The topological polar surface area (TPSA) is 75.1 Å². The summed E-state index contributed by atoms with van der Waals surface area (Å²) < 4.78 is 0. The molecule has 0 fully saturated rings. The van der Waals surface area contributed by atoms with E-state index in [9.17, 15) is 4.79 Å². The minimum atomic E-state index is 0.0303. The SMILES string of the molecule is O=C(NCCCCCO)C1CCc2sc(-c3ccncc3)nc2C1. The maximum absolute atomic E-state index is 12.3. The predicted molar refractivity (Wildman–Crippen MR) is 94.8 cm³/mol. The number of hydrogen-bond donors (Lipinski definition) is 2. The number of nitrogens with one attached hydrogen (secondary N) is 1. The first-order chi connectivity index (χ1) is 11.8. The molecule has 2 aromatic rings. The fourth-order valence-electron chi connectivity index (χ4n) is 2.99. The van der Waals surface area contributed by atoms with Gasteiger partial charge in [0.05, 0.1) is 5.69 Å². The first-order valence-electron chi connectivity index (χ1n) is 8.55. The van der Waals surface area contributed by atoms with Crippen LogP contribution in [0.4, 0.5) is 0 Å². The highest BCUT2D eigenvalue weighted by Crippen LogP contribution is 2.34. The summed E-state index contributed by atoms with van der Waals surface area (Å²) in [6.45, 7) is 0.921. The van der Waals surface area contributed by atoms with Gasteiger partial charge in [0.1, 0.15) is 5.01 Å². The number of aliphatic hydroxyl groups is 1. The maximum Gasteiger partial charge on any atom is 0.223 e. The van der Waals surface area contributed by atoms with Gasteiger partial charge in [-0.05, 0) is 44.2 Å². The summed E-state index contributed by atoms with van der Waals surface area (Å²) in [7, 11) is 0. The van der Waals surface area contributed by atoms with Crippen molar-refractivity contribution in [2.75, 3.05) is 13.2 Å². The molecule has 0 aromatic carbocycles. The molecule has 1 aliphatic rings. The number of pyridine rings is 1. The monoisotopic (exact) mass is 345 g/mol. The molecule has 2 aromatic heterocycles. The third-order valence-electron chi connectivity index (χ3n) is 4.37. The smallest absolute Gasteiger partial charge is 0.223 e. The summed E-state index contributed by atoms with van der Waals surface area (Å²) in [6.07, 6.45) is 8.80. The van der Waals surface area contributed by atoms with E-state index >= 15 is 0 Å². The van der Waals surface area contributed by atoms with Crippen molar-refractivity contribution in [2.24, 2.45) is 5.92 Å². The normalized spacial score (nSPS) is 16.6. The van der Waals surface area contributed by atoms with E-state index in [4.69, 9.17) is 10.1 Å². The van der Waals surface area contributed by atoms with Crippen LogP contribution >= 0.6 is 11.3 Å². The molecule has 3 rings (SSSR count). The van der Waals surface area contributed by atoms with Crippen LogP contribution in [-0.2, 0) is 17.6 Å². The number of nitrogens with zero attached hydrogens (tertiary/aromatic N) is 2. The van der Waals surface area contributed by atoms with Gasteiger partial charge < -0.3 is 10.4 Å². The van der Waals surface area contributed by atoms with Crippen molar-refractivity contribution in [2.45, 2.75) is 38.5 Å². The molecule has 1 aliphatic carbocycles. The largest absolute Gasteiger partial charge is 0.396 e. The molecule has 6 heteroatoms. The minimum Gasteiger partial charge on any atom is -0.396 e. The summed E-state index contributed by atoms with van der Waals surface area (Å²) in [4.78, 5) is 22.4. The number of rotatable bonds is 7. The molecule has 0 radical (unpaired) electrons. The Bertz CT molecular complexity index is 672. The lowest BCUT2D eigenvalue weighted by Crippen LogP contribution is -2.34. The molecule has 0 saturated heterocycles. The molecular weight excluding hydrogens is 322 g/mol. The Morgan fingerprint density at radius 1 is 1.29 bits per heavy atom. The van der Waals surface area contributed by atoms with Gasteiger partial charge in [0.25, 0.3) is 0 Å². The van der Waals surface area contributed by atoms with E-state index in [2.05, 4.69) is 10.3 Å². The Morgan fingerprint density at radius 2 is 2.12 bits per heavy atom. The fraction of sp³-hybridized carbons (Fsp3) is 0.500. The van der Waals surface area contributed by atoms with Gasteiger partial charge in [-0.15, -0.1) is 11.3 Å². The minimum absolute atomic E-state index is 0.0303. The average Bonchev–Trinajstić information content (AvgIpc) is 3.05. The van der Waals surface area contributed by atoms with E-state index in [1.807, 2.05) is 12.1 Å². The molecule has 0 bridgehead atoms. The van der Waals surface area contributed by atoms with Crippen LogP contribution in [-0.4, -0.2) is 34.1 Å². The van der Waals surface area contributed by atoms with Crippen LogP contribution in [0.3, 0.4) is 0 Å². The van der Waals surface area contributed by atoms with Crippen LogP contribution in [0, 0.1) is 5.92 Å². The number of amides is 1. The Kier molecular flexibility index (Phi) is 5.93. The maximum atomic E-state index is 12.3. The van der Waals surface area contributed by atoms with Gasteiger partial charge in [0.15, 0.2) is 0 Å². The van der Waals surface area contributed by atoms with Crippen LogP contribution in [0.15, 0.2) is 24.5 Å². The predicted octanol–water partition coefficient (Wildman–Crippen LogP) is 2.59. The molecule has 2 N–H and O–H groups in total. The zero-order valence-corrected chi connectivity index (χ0v) is 14.5. The number of aliphatic hydroxyl groups excluding tert-OH is 1. The number of thiazole rings is 1. The molecule has 0 spiro atoms. The van der Waals surface area contributed by atoms with Crippen molar-refractivity contribution in [1.29, 1.82) is 0 Å². The van der Waals surface area contributed by atoms with Crippen molar-refractivity contribution in [1.82, 2.24) is 15.3 Å². The molecule has 1 amide bonds. The molecular formula is C18H23N3O2S. The van der Waals surface area contributed by atoms with E-state index < -0.39 is 0 Å². The van der Waals surface area contributed by atoms with Crippen molar-refractivity contribution < 1.29 is 9.90 Å². The van der Waals surface area contributed by atoms with Crippen molar-refractivity contribution in [3.63, 3.8) is 0 Å². The lowest BCUT2D eigenvalue weighted by molar-refractivity contribution is -0.125. The second kappa shape index (κ2) is 8.35. The quantitative estimate of drug-likeness (QED) is 0.757. The number of fused-ring (bicyclic) bond motifs is 1. The van der Waals surface area contributed by atoms with E-state index in [1.165, 1.54) is 4.88 Å². The summed E-state index contributed by atoms with van der Waals surface area (Å²) >= 11 is 1.73. The molecule has 2 heterocycles.